The Morgan fingerprint density at radius 2 is 2.10 bits per heavy atom. The van der Waals surface area contributed by atoms with Gasteiger partial charge in [0.05, 0.1) is 12.8 Å². The summed E-state index contributed by atoms with van der Waals surface area (Å²) in [4.78, 5) is 16.3. The van der Waals surface area contributed by atoms with Crippen molar-refractivity contribution in [1.82, 2.24) is 4.98 Å². The normalized spacial score (nSPS) is 10.3. The Labute approximate surface area is 126 Å². The minimum Gasteiger partial charge on any atom is -0.465 e. The van der Waals surface area contributed by atoms with Gasteiger partial charge in [0.2, 0.25) is 0 Å². The molecule has 0 aliphatic heterocycles. The van der Waals surface area contributed by atoms with Crippen LogP contribution < -0.4 is 5.32 Å². The van der Waals surface area contributed by atoms with E-state index in [0.717, 1.165) is 23.1 Å². The monoisotopic (exact) mass is 310 g/mol. The molecular weight excluding hydrogens is 296 g/mol. The van der Waals surface area contributed by atoms with E-state index in [4.69, 9.17) is 16.3 Å². The number of ether oxygens (including phenoxy) is 1. The quantitative estimate of drug-likeness (QED) is 0.858. The first-order chi connectivity index (χ1) is 9.60. The molecule has 1 heterocycles. The van der Waals surface area contributed by atoms with Crippen molar-refractivity contribution >= 4 is 34.0 Å². The molecule has 0 saturated carbocycles. The summed E-state index contributed by atoms with van der Waals surface area (Å²) < 4.78 is 4.71. The number of anilines is 1. The summed E-state index contributed by atoms with van der Waals surface area (Å²) >= 11 is 7.15. The van der Waals surface area contributed by atoms with Crippen LogP contribution in [-0.2, 0) is 11.2 Å². The van der Waals surface area contributed by atoms with E-state index in [1.165, 1.54) is 24.0 Å². The van der Waals surface area contributed by atoms with E-state index in [1.54, 1.807) is 6.92 Å². The first-order valence-electron chi connectivity index (χ1n) is 6.14. The number of hydrogen-bond acceptors (Lipinski definition) is 5. The zero-order valence-corrected chi connectivity index (χ0v) is 12.8. The molecule has 1 aromatic carbocycles. The molecule has 0 spiro atoms. The van der Waals surface area contributed by atoms with E-state index < -0.39 is 0 Å². The number of rotatable bonds is 5. The van der Waals surface area contributed by atoms with E-state index >= 15 is 0 Å². The van der Waals surface area contributed by atoms with Gasteiger partial charge >= 0.3 is 5.97 Å². The molecule has 1 N–H and O–H groups in total. The predicted molar refractivity (Wildman–Crippen MR) is 81.8 cm³/mol. The van der Waals surface area contributed by atoms with E-state index in [-0.39, 0.29) is 5.97 Å². The SMILES string of the molecule is COC(=O)c1sc(NCCc2ccc(Cl)cc2)nc1C. The number of nitrogens with zero attached hydrogens (tertiary/aromatic N) is 1. The Kier molecular flexibility index (Phi) is 4.98. The molecule has 0 radical (unpaired) electrons. The smallest absolute Gasteiger partial charge is 0.350 e. The van der Waals surface area contributed by atoms with Gasteiger partial charge in [0.1, 0.15) is 4.88 Å². The summed E-state index contributed by atoms with van der Waals surface area (Å²) in [5.74, 6) is -0.342. The summed E-state index contributed by atoms with van der Waals surface area (Å²) in [6.07, 6.45) is 0.864. The molecule has 6 heteroatoms. The van der Waals surface area contributed by atoms with Crippen molar-refractivity contribution in [2.75, 3.05) is 19.0 Å². The third-order valence-electron chi connectivity index (χ3n) is 2.77. The van der Waals surface area contributed by atoms with Gasteiger partial charge in [0.15, 0.2) is 5.13 Å². The fourth-order valence-electron chi connectivity index (χ4n) is 1.72. The number of aromatic nitrogens is 1. The van der Waals surface area contributed by atoms with Crippen LogP contribution in [0.3, 0.4) is 0 Å². The first-order valence-corrected chi connectivity index (χ1v) is 7.33. The molecule has 1 aromatic heterocycles. The number of benzene rings is 1. The number of carbonyl (C=O) groups excluding carboxylic acids is 1. The predicted octanol–water partition coefficient (Wildman–Crippen LogP) is 3.55. The molecule has 0 atom stereocenters. The van der Waals surface area contributed by atoms with Crippen molar-refractivity contribution < 1.29 is 9.53 Å². The van der Waals surface area contributed by atoms with Crippen molar-refractivity contribution in [3.63, 3.8) is 0 Å². The van der Waals surface area contributed by atoms with Gasteiger partial charge in [-0.2, -0.15) is 0 Å². The number of methoxy groups -OCH3 is 1. The van der Waals surface area contributed by atoms with Gasteiger partial charge in [-0.05, 0) is 31.0 Å². The van der Waals surface area contributed by atoms with E-state index in [2.05, 4.69) is 10.3 Å². The highest BCUT2D eigenvalue weighted by Crippen LogP contribution is 2.23. The van der Waals surface area contributed by atoms with Crippen LogP contribution >= 0.6 is 22.9 Å². The Balaban J connectivity index is 1.91. The fourth-order valence-corrected chi connectivity index (χ4v) is 2.76. The number of halogens is 1. The van der Waals surface area contributed by atoms with Gasteiger partial charge in [0, 0.05) is 11.6 Å². The van der Waals surface area contributed by atoms with Crippen LogP contribution in [0.2, 0.25) is 5.02 Å². The largest absolute Gasteiger partial charge is 0.465 e. The van der Waals surface area contributed by atoms with Crippen LogP contribution in [0, 0.1) is 6.92 Å². The lowest BCUT2D eigenvalue weighted by Crippen LogP contribution is -2.04. The molecule has 0 saturated heterocycles. The second kappa shape index (κ2) is 6.72. The average molecular weight is 311 g/mol. The molecule has 20 heavy (non-hydrogen) atoms. The van der Waals surface area contributed by atoms with Gasteiger partial charge in [-0.3, -0.25) is 0 Å². The number of hydrogen-bond donors (Lipinski definition) is 1. The van der Waals surface area contributed by atoms with Crippen LogP contribution in [0.25, 0.3) is 0 Å². The average Bonchev–Trinajstić information content (AvgIpc) is 2.81. The van der Waals surface area contributed by atoms with Crippen molar-refractivity contribution in [2.45, 2.75) is 13.3 Å². The standard InChI is InChI=1S/C14H15ClN2O2S/c1-9-12(13(18)19-2)20-14(17-9)16-8-7-10-3-5-11(15)6-4-10/h3-6H,7-8H2,1-2H3,(H,16,17). The molecule has 0 bridgehead atoms. The van der Waals surface area contributed by atoms with E-state index in [1.807, 2.05) is 24.3 Å². The summed E-state index contributed by atoms with van der Waals surface area (Å²) in [7, 11) is 1.37. The van der Waals surface area contributed by atoms with Crippen molar-refractivity contribution in [1.29, 1.82) is 0 Å². The Morgan fingerprint density at radius 1 is 1.40 bits per heavy atom. The second-order valence-electron chi connectivity index (χ2n) is 4.23. The van der Waals surface area contributed by atoms with Crippen LogP contribution in [0.4, 0.5) is 5.13 Å². The van der Waals surface area contributed by atoms with E-state index in [9.17, 15) is 4.79 Å². The highest BCUT2D eigenvalue weighted by Gasteiger charge is 2.15. The molecule has 4 nitrogen and oxygen atoms in total. The lowest BCUT2D eigenvalue weighted by Gasteiger charge is -2.03. The molecule has 0 fully saturated rings. The molecular formula is C14H15ClN2O2S. The minimum atomic E-state index is -0.342. The van der Waals surface area contributed by atoms with Crippen LogP contribution in [0.15, 0.2) is 24.3 Å². The third-order valence-corrected chi connectivity index (χ3v) is 4.12. The van der Waals surface area contributed by atoms with Gasteiger partial charge in [-0.25, -0.2) is 9.78 Å². The van der Waals surface area contributed by atoms with Crippen LogP contribution in [-0.4, -0.2) is 24.6 Å². The van der Waals surface area contributed by atoms with Gasteiger partial charge < -0.3 is 10.1 Å². The van der Waals surface area contributed by atoms with Crippen molar-refractivity contribution in [3.8, 4) is 0 Å². The third kappa shape index (κ3) is 3.71. The number of carbonyl (C=O) groups is 1. The number of nitrogens with one attached hydrogen (secondary N) is 1. The first kappa shape index (κ1) is 14.8. The van der Waals surface area contributed by atoms with Gasteiger partial charge in [-0.15, -0.1) is 0 Å². The van der Waals surface area contributed by atoms with Crippen LogP contribution in [0.1, 0.15) is 20.9 Å². The molecule has 0 aliphatic rings. The summed E-state index contributed by atoms with van der Waals surface area (Å²) in [5.41, 5.74) is 1.89. The molecule has 2 aromatic rings. The molecule has 106 valence electrons. The number of esters is 1. The molecule has 2 rings (SSSR count). The lowest BCUT2D eigenvalue weighted by molar-refractivity contribution is 0.0605. The maximum Gasteiger partial charge on any atom is 0.350 e. The minimum absolute atomic E-state index is 0.342. The number of thiazole rings is 1. The zero-order chi connectivity index (χ0) is 14.5. The lowest BCUT2D eigenvalue weighted by atomic mass is 10.1. The Hall–Kier alpha value is -1.59. The summed E-state index contributed by atoms with van der Waals surface area (Å²) in [6, 6.07) is 7.74. The molecule has 0 amide bonds. The van der Waals surface area contributed by atoms with Gasteiger partial charge in [-0.1, -0.05) is 35.1 Å². The van der Waals surface area contributed by atoms with Gasteiger partial charge in [0.25, 0.3) is 0 Å². The molecule has 0 unspecified atom stereocenters. The van der Waals surface area contributed by atoms with Crippen LogP contribution in [0.5, 0.6) is 0 Å². The Bertz CT molecular complexity index is 596. The van der Waals surface area contributed by atoms with Crippen molar-refractivity contribution in [2.24, 2.45) is 0 Å². The topological polar surface area (TPSA) is 51.2 Å². The van der Waals surface area contributed by atoms with Crippen molar-refractivity contribution in [3.05, 3.63) is 45.4 Å². The summed E-state index contributed by atoms with van der Waals surface area (Å²) in [6.45, 7) is 2.54. The Morgan fingerprint density at radius 3 is 2.75 bits per heavy atom. The maximum absolute atomic E-state index is 11.5. The fraction of sp³-hybridized carbons (Fsp3) is 0.286. The highest BCUT2D eigenvalue weighted by molar-refractivity contribution is 7.17. The maximum atomic E-state index is 11.5. The second-order valence-corrected chi connectivity index (χ2v) is 5.66. The summed E-state index contributed by atoms with van der Waals surface area (Å²) in [5, 5.41) is 4.68. The zero-order valence-electron chi connectivity index (χ0n) is 11.3. The highest BCUT2D eigenvalue weighted by atomic mass is 35.5. The molecule has 0 aliphatic carbocycles. The van der Waals surface area contributed by atoms with E-state index in [0.29, 0.717) is 10.6 Å². The number of aryl methyl sites for hydroxylation is 1.